The Morgan fingerprint density at radius 2 is 1.73 bits per heavy atom. The average molecular weight is 583 g/mol. The van der Waals surface area contributed by atoms with Gasteiger partial charge < -0.3 is 34.6 Å². The second-order valence-electron chi connectivity index (χ2n) is 9.51. The Morgan fingerprint density at radius 1 is 0.951 bits per heavy atom. The number of ether oxygens (including phenoxy) is 3. The fourth-order valence-electron chi connectivity index (χ4n) is 3.91. The third-order valence-corrected chi connectivity index (χ3v) is 6.04. The molecule has 0 aliphatic heterocycles. The quantitative estimate of drug-likeness (QED) is 0.0644. The van der Waals surface area contributed by atoms with Crippen molar-refractivity contribution in [1.82, 2.24) is 10.8 Å². The second-order valence-corrected chi connectivity index (χ2v) is 9.51. The molecule has 0 fully saturated rings. The number of hydrogen-bond donors (Lipinski definition) is 4. The summed E-state index contributed by atoms with van der Waals surface area (Å²) in [6.45, 7) is 5.74. The number of aliphatic hydroxyl groups excluding tert-OH is 2. The van der Waals surface area contributed by atoms with E-state index in [1.165, 1.54) is 6.92 Å². The highest BCUT2D eigenvalue weighted by Crippen LogP contribution is 2.29. The molecule has 2 unspecified atom stereocenters. The first kappa shape index (κ1) is 36.0. The lowest BCUT2D eigenvalue weighted by atomic mass is 9.88. The first-order valence-corrected chi connectivity index (χ1v) is 14.3. The summed E-state index contributed by atoms with van der Waals surface area (Å²) in [5.41, 5.74) is 3.27. The fourth-order valence-corrected chi connectivity index (χ4v) is 3.91. The lowest BCUT2D eigenvalue weighted by Gasteiger charge is -2.26. The molecule has 0 amide bonds. The Balaban J connectivity index is 2.84. The minimum absolute atomic E-state index is 0.0336. The van der Waals surface area contributed by atoms with Gasteiger partial charge in [-0.25, -0.2) is 0 Å². The fraction of sp³-hybridized carbons (Fsp3) is 0.655. The molecule has 41 heavy (non-hydrogen) atoms. The van der Waals surface area contributed by atoms with E-state index in [4.69, 9.17) is 19.0 Å². The van der Waals surface area contributed by atoms with Crippen LogP contribution >= 0.6 is 0 Å². The van der Waals surface area contributed by atoms with Crippen molar-refractivity contribution < 1.29 is 48.4 Å². The van der Waals surface area contributed by atoms with Gasteiger partial charge in [-0.3, -0.25) is 19.2 Å². The van der Waals surface area contributed by atoms with Crippen LogP contribution in [0.2, 0.25) is 0 Å². The van der Waals surface area contributed by atoms with Crippen LogP contribution in [0, 0.1) is 5.92 Å². The lowest BCUT2D eigenvalue weighted by molar-refractivity contribution is -0.153. The van der Waals surface area contributed by atoms with Gasteiger partial charge in [0, 0.05) is 39.5 Å². The third-order valence-electron chi connectivity index (χ3n) is 6.04. The molecule has 0 aliphatic rings. The van der Waals surface area contributed by atoms with E-state index in [-0.39, 0.29) is 75.4 Å². The summed E-state index contributed by atoms with van der Waals surface area (Å²) in [6.07, 6.45) is 3.03. The number of carbonyl (C=O) groups is 4. The zero-order valence-corrected chi connectivity index (χ0v) is 24.4. The molecule has 0 saturated carbocycles. The van der Waals surface area contributed by atoms with E-state index in [1.54, 1.807) is 25.1 Å². The number of benzene rings is 1. The van der Waals surface area contributed by atoms with Crippen molar-refractivity contribution >= 4 is 23.7 Å². The first-order valence-electron chi connectivity index (χ1n) is 14.3. The van der Waals surface area contributed by atoms with Crippen molar-refractivity contribution in [2.24, 2.45) is 5.92 Å². The van der Waals surface area contributed by atoms with Crippen molar-refractivity contribution in [3.63, 3.8) is 0 Å². The minimum Gasteiger partial charge on any atom is -0.490 e. The highest BCUT2D eigenvalue weighted by atomic mass is 16.7. The van der Waals surface area contributed by atoms with Crippen LogP contribution in [-0.4, -0.2) is 72.9 Å². The highest BCUT2D eigenvalue weighted by molar-refractivity contribution is 5.85. The average Bonchev–Trinajstić information content (AvgIpc) is 2.95. The van der Waals surface area contributed by atoms with Crippen molar-refractivity contribution in [2.75, 3.05) is 32.9 Å². The van der Waals surface area contributed by atoms with Crippen molar-refractivity contribution in [3.8, 4) is 11.5 Å². The number of hydroxylamine groups is 1. The minimum atomic E-state index is -0.731. The third kappa shape index (κ3) is 15.5. The number of Topliss-reactive ketones (excluding diaryl/α,β-unsaturated/α-hetero) is 1. The predicted octanol–water partition coefficient (Wildman–Crippen LogP) is 2.37. The Hall–Kier alpha value is -3.06. The molecule has 0 aliphatic carbocycles. The van der Waals surface area contributed by atoms with Crippen molar-refractivity contribution in [2.45, 2.75) is 84.8 Å². The van der Waals surface area contributed by atoms with Crippen LogP contribution < -0.4 is 20.3 Å². The van der Waals surface area contributed by atoms with Crippen LogP contribution in [-0.2, 0) is 35.4 Å². The molecule has 232 valence electrons. The molecule has 1 rings (SSSR count). The molecule has 0 heterocycles. The van der Waals surface area contributed by atoms with Crippen LogP contribution in [0.1, 0.15) is 77.7 Å². The number of carbonyl (C=O) groups excluding carboxylic acids is 4. The van der Waals surface area contributed by atoms with Gasteiger partial charge in [0.05, 0.1) is 19.1 Å². The zero-order valence-electron chi connectivity index (χ0n) is 24.4. The Labute approximate surface area is 242 Å². The van der Waals surface area contributed by atoms with Crippen molar-refractivity contribution in [1.29, 1.82) is 0 Å². The molecule has 0 radical (unpaired) electrons. The summed E-state index contributed by atoms with van der Waals surface area (Å²) < 4.78 is 16.2. The smallest absolute Gasteiger partial charge is 0.325 e. The van der Waals surface area contributed by atoms with Gasteiger partial charge in [0.15, 0.2) is 11.5 Å². The number of rotatable bonds is 23. The number of ketones is 1. The molecule has 12 nitrogen and oxygen atoms in total. The summed E-state index contributed by atoms with van der Waals surface area (Å²) in [5, 5.41) is 21.9. The van der Waals surface area contributed by atoms with E-state index in [0.717, 1.165) is 12.8 Å². The van der Waals surface area contributed by atoms with E-state index in [2.05, 4.69) is 10.8 Å². The van der Waals surface area contributed by atoms with Gasteiger partial charge in [0.1, 0.15) is 12.4 Å². The Kier molecular flexibility index (Phi) is 19.0. The number of hydrogen-bond acceptors (Lipinski definition) is 12. The molecule has 1 aromatic carbocycles. The monoisotopic (exact) mass is 582 g/mol. The number of aliphatic hydroxyl groups is 2. The summed E-state index contributed by atoms with van der Waals surface area (Å²) in [6, 6.07) is 4.09. The maximum Gasteiger partial charge on any atom is 0.325 e. The van der Waals surface area contributed by atoms with Crippen LogP contribution in [0.3, 0.4) is 0 Å². The molecular weight excluding hydrogens is 536 g/mol. The van der Waals surface area contributed by atoms with Gasteiger partial charge in [0.2, 0.25) is 0 Å². The van der Waals surface area contributed by atoms with Gasteiger partial charge in [-0.15, -0.1) is 0 Å². The Bertz CT molecular complexity index is 940. The normalized spacial score (nSPS) is 12.3. The van der Waals surface area contributed by atoms with Gasteiger partial charge >= 0.3 is 17.9 Å². The molecule has 4 N–H and O–H groups in total. The molecule has 12 heteroatoms. The number of esters is 2. The highest BCUT2D eigenvalue weighted by Gasteiger charge is 2.29. The van der Waals surface area contributed by atoms with Crippen LogP contribution in [0.4, 0.5) is 0 Å². The molecule has 2 atom stereocenters. The van der Waals surface area contributed by atoms with Crippen molar-refractivity contribution in [3.05, 3.63) is 23.8 Å². The van der Waals surface area contributed by atoms with Gasteiger partial charge in [-0.1, -0.05) is 26.3 Å². The van der Waals surface area contributed by atoms with E-state index in [0.29, 0.717) is 31.5 Å². The molecular formula is C29H46N2O10. The van der Waals surface area contributed by atoms with E-state index < -0.39 is 23.9 Å². The molecule has 0 saturated heterocycles. The number of nitrogens with one attached hydrogen (secondary N) is 2. The maximum absolute atomic E-state index is 13.2. The maximum atomic E-state index is 13.2. The summed E-state index contributed by atoms with van der Waals surface area (Å²) in [4.78, 5) is 53.7. The van der Waals surface area contributed by atoms with E-state index in [1.807, 2.05) is 6.92 Å². The predicted molar refractivity (Wildman–Crippen MR) is 150 cm³/mol. The zero-order chi connectivity index (χ0) is 30.5. The largest absolute Gasteiger partial charge is 0.490 e. The standard InChI is InChI=1S/C29H46N2O10/c1-4-6-14-31-41-28(37)19-23(12-16-33)29(30-13-8-15-32)24(35)9-7-17-38-26-18-22(20-39-27(36)5-2)10-11-25(26)40-21(3)34/h10-11,18,23,29-33H,4-9,12-17,19-20H2,1-3H3. The first-order chi connectivity index (χ1) is 19.7. The molecule has 1 aromatic rings. The lowest BCUT2D eigenvalue weighted by Crippen LogP contribution is -2.45. The molecule has 0 spiro atoms. The van der Waals surface area contributed by atoms with E-state index in [9.17, 15) is 29.4 Å². The van der Waals surface area contributed by atoms with Gasteiger partial charge in [-0.2, -0.15) is 5.48 Å². The van der Waals surface area contributed by atoms with E-state index >= 15 is 0 Å². The second kappa shape index (κ2) is 21.7. The Morgan fingerprint density at radius 3 is 2.39 bits per heavy atom. The molecule has 0 bridgehead atoms. The summed E-state index contributed by atoms with van der Waals surface area (Å²) >= 11 is 0. The summed E-state index contributed by atoms with van der Waals surface area (Å²) in [7, 11) is 0. The molecule has 0 aromatic heterocycles. The van der Waals surface area contributed by atoms with Crippen LogP contribution in [0.25, 0.3) is 0 Å². The topological polar surface area (TPSA) is 170 Å². The van der Waals surface area contributed by atoms with Crippen LogP contribution in [0.15, 0.2) is 18.2 Å². The van der Waals surface area contributed by atoms with Gasteiger partial charge in [0.25, 0.3) is 0 Å². The SMILES string of the molecule is CCCCNOC(=O)CC(CCO)C(NCCCO)C(=O)CCCOc1cc(COC(=O)CC)ccc1OC(C)=O. The van der Waals surface area contributed by atoms with Crippen LogP contribution in [0.5, 0.6) is 11.5 Å². The van der Waals surface area contributed by atoms with Gasteiger partial charge in [-0.05, 0) is 55.8 Å². The number of unbranched alkanes of at least 4 members (excludes halogenated alkanes) is 1. The summed E-state index contributed by atoms with van der Waals surface area (Å²) in [5.74, 6) is -1.60.